The van der Waals surface area contributed by atoms with Crippen LogP contribution in [0.2, 0.25) is 10.0 Å². The maximum Gasteiger partial charge on any atom is 0.0469 e. The van der Waals surface area contributed by atoms with Crippen molar-refractivity contribution in [2.24, 2.45) is 0 Å². The first kappa shape index (κ1) is 11.2. The van der Waals surface area contributed by atoms with Gasteiger partial charge in [0.25, 0.3) is 0 Å². The lowest BCUT2D eigenvalue weighted by Gasteiger charge is -2.31. The summed E-state index contributed by atoms with van der Waals surface area (Å²) in [5.41, 5.74) is 1.13. The third-order valence-electron chi connectivity index (χ3n) is 2.72. The minimum absolute atomic E-state index is 0.313. The van der Waals surface area contributed by atoms with Crippen LogP contribution in [-0.4, -0.2) is 31.6 Å². The lowest BCUT2D eigenvalue weighted by atomic mass is 10.0. The molecule has 82 valence electrons. The Balaban J connectivity index is 2.21. The SMILES string of the molecule is CN1CCNC(c2ccc(Cl)cc2Cl)C1. The number of hydrogen-bond acceptors (Lipinski definition) is 2. The van der Waals surface area contributed by atoms with E-state index >= 15 is 0 Å². The third-order valence-corrected chi connectivity index (χ3v) is 3.28. The molecule has 0 bridgehead atoms. The van der Waals surface area contributed by atoms with Crippen molar-refractivity contribution >= 4 is 23.2 Å². The maximum atomic E-state index is 6.17. The van der Waals surface area contributed by atoms with Gasteiger partial charge in [0, 0.05) is 35.7 Å². The van der Waals surface area contributed by atoms with Crippen LogP contribution in [0.1, 0.15) is 11.6 Å². The molecule has 4 heteroatoms. The Hall–Kier alpha value is -0.280. The number of benzene rings is 1. The Bertz CT molecular complexity index is 354. The molecule has 1 heterocycles. The second kappa shape index (κ2) is 4.71. The van der Waals surface area contributed by atoms with E-state index in [1.165, 1.54) is 0 Å². The lowest BCUT2D eigenvalue weighted by Crippen LogP contribution is -2.43. The quantitative estimate of drug-likeness (QED) is 0.818. The summed E-state index contributed by atoms with van der Waals surface area (Å²) in [6.45, 7) is 3.07. The molecular weight excluding hydrogens is 231 g/mol. The van der Waals surface area contributed by atoms with Gasteiger partial charge in [0.05, 0.1) is 0 Å². The van der Waals surface area contributed by atoms with Gasteiger partial charge in [-0.15, -0.1) is 0 Å². The molecule has 1 saturated heterocycles. The highest BCUT2D eigenvalue weighted by molar-refractivity contribution is 6.35. The van der Waals surface area contributed by atoms with E-state index in [9.17, 15) is 0 Å². The average Bonchev–Trinajstić information content (AvgIpc) is 2.17. The van der Waals surface area contributed by atoms with Gasteiger partial charge in [-0.1, -0.05) is 29.3 Å². The number of piperazine rings is 1. The minimum atomic E-state index is 0.313. The zero-order valence-corrected chi connectivity index (χ0v) is 10.1. The maximum absolute atomic E-state index is 6.17. The van der Waals surface area contributed by atoms with Crippen LogP contribution in [0.25, 0.3) is 0 Å². The molecule has 0 aliphatic carbocycles. The highest BCUT2D eigenvalue weighted by Gasteiger charge is 2.20. The van der Waals surface area contributed by atoms with Crippen molar-refractivity contribution in [3.8, 4) is 0 Å². The van der Waals surface area contributed by atoms with Gasteiger partial charge in [-0.25, -0.2) is 0 Å². The molecule has 0 amide bonds. The summed E-state index contributed by atoms with van der Waals surface area (Å²) >= 11 is 12.0. The number of likely N-dealkylation sites (N-methyl/N-ethyl adjacent to an activating group) is 1. The third kappa shape index (κ3) is 2.64. The molecule has 1 N–H and O–H groups in total. The normalized spacial score (nSPS) is 23.0. The molecule has 1 aliphatic heterocycles. The molecular formula is C11H14Cl2N2. The monoisotopic (exact) mass is 244 g/mol. The largest absolute Gasteiger partial charge is 0.308 e. The minimum Gasteiger partial charge on any atom is -0.308 e. The molecule has 0 radical (unpaired) electrons. The summed E-state index contributed by atoms with van der Waals surface area (Å²) in [7, 11) is 2.12. The van der Waals surface area contributed by atoms with Gasteiger partial charge in [-0.2, -0.15) is 0 Å². The average molecular weight is 245 g/mol. The fourth-order valence-corrected chi connectivity index (χ4v) is 2.43. The van der Waals surface area contributed by atoms with Gasteiger partial charge in [-0.05, 0) is 24.7 Å². The van der Waals surface area contributed by atoms with Crippen molar-refractivity contribution in [3.63, 3.8) is 0 Å². The van der Waals surface area contributed by atoms with E-state index in [1.54, 1.807) is 6.07 Å². The predicted molar refractivity (Wildman–Crippen MR) is 64.7 cm³/mol. The van der Waals surface area contributed by atoms with E-state index in [-0.39, 0.29) is 0 Å². The summed E-state index contributed by atoms with van der Waals surface area (Å²) in [5.74, 6) is 0. The fourth-order valence-electron chi connectivity index (χ4n) is 1.89. The lowest BCUT2D eigenvalue weighted by molar-refractivity contribution is 0.241. The van der Waals surface area contributed by atoms with Crippen molar-refractivity contribution in [2.75, 3.05) is 26.7 Å². The Morgan fingerprint density at radius 2 is 2.20 bits per heavy atom. The van der Waals surface area contributed by atoms with Gasteiger partial charge in [-0.3, -0.25) is 0 Å². The first-order chi connectivity index (χ1) is 7.16. The topological polar surface area (TPSA) is 15.3 Å². The molecule has 0 aromatic heterocycles. The number of rotatable bonds is 1. The van der Waals surface area contributed by atoms with Crippen LogP contribution in [-0.2, 0) is 0 Å². The molecule has 2 rings (SSSR count). The first-order valence-electron chi connectivity index (χ1n) is 5.03. The van der Waals surface area contributed by atoms with Crippen LogP contribution in [0.4, 0.5) is 0 Å². The summed E-state index contributed by atoms with van der Waals surface area (Å²) in [6.07, 6.45) is 0. The van der Waals surface area contributed by atoms with Crippen LogP contribution < -0.4 is 5.32 Å². The number of nitrogens with zero attached hydrogens (tertiary/aromatic N) is 1. The van der Waals surface area contributed by atoms with Gasteiger partial charge in [0.15, 0.2) is 0 Å². The van der Waals surface area contributed by atoms with Crippen molar-refractivity contribution < 1.29 is 0 Å². The van der Waals surface area contributed by atoms with Crippen LogP contribution in [0.3, 0.4) is 0 Å². The molecule has 1 aliphatic rings. The van der Waals surface area contributed by atoms with Crippen LogP contribution in [0.5, 0.6) is 0 Å². The zero-order valence-electron chi connectivity index (χ0n) is 8.63. The Kier molecular flexibility index (Phi) is 3.52. The van der Waals surface area contributed by atoms with Gasteiger partial charge in [0.1, 0.15) is 0 Å². The van der Waals surface area contributed by atoms with E-state index in [1.807, 2.05) is 12.1 Å². The molecule has 1 aromatic rings. The van der Waals surface area contributed by atoms with E-state index in [0.717, 1.165) is 30.2 Å². The molecule has 1 aromatic carbocycles. The zero-order chi connectivity index (χ0) is 10.8. The van der Waals surface area contributed by atoms with Crippen molar-refractivity contribution in [1.82, 2.24) is 10.2 Å². The summed E-state index contributed by atoms with van der Waals surface area (Å²) in [5, 5.41) is 4.89. The summed E-state index contributed by atoms with van der Waals surface area (Å²) in [6, 6.07) is 6.00. The molecule has 1 atom stereocenters. The van der Waals surface area contributed by atoms with E-state index < -0.39 is 0 Å². The van der Waals surface area contributed by atoms with E-state index in [0.29, 0.717) is 11.1 Å². The smallest absolute Gasteiger partial charge is 0.0469 e. The second-order valence-electron chi connectivity index (χ2n) is 3.93. The summed E-state index contributed by atoms with van der Waals surface area (Å²) < 4.78 is 0. The van der Waals surface area contributed by atoms with Crippen LogP contribution >= 0.6 is 23.2 Å². The standard InChI is InChI=1S/C11H14Cl2N2/c1-15-5-4-14-11(7-15)9-3-2-8(12)6-10(9)13/h2-3,6,11,14H,4-5,7H2,1H3. The molecule has 1 fully saturated rings. The van der Waals surface area contributed by atoms with Crippen molar-refractivity contribution in [2.45, 2.75) is 6.04 Å². The molecule has 0 spiro atoms. The van der Waals surface area contributed by atoms with E-state index in [4.69, 9.17) is 23.2 Å². The number of nitrogens with one attached hydrogen (secondary N) is 1. The van der Waals surface area contributed by atoms with Crippen LogP contribution in [0, 0.1) is 0 Å². The Morgan fingerprint density at radius 3 is 2.87 bits per heavy atom. The number of halogens is 2. The molecule has 0 saturated carbocycles. The second-order valence-corrected chi connectivity index (χ2v) is 4.78. The number of hydrogen-bond donors (Lipinski definition) is 1. The molecule has 15 heavy (non-hydrogen) atoms. The van der Waals surface area contributed by atoms with Gasteiger partial charge >= 0.3 is 0 Å². The molecule has 1 unspecified atom stereocenters. The first-order valence-corrected chi connectivity index (χ1v) is 5.79. The predicted octanol–water partition coefficient (Wildman–Crippen LogP) is 2.57. The van der Waals surface area contributed by atoms with Gasteiger partial charge in [0.2, 0.25) is 0 Å². The molecule has 2 nitrogen and oxygen atoms in total. The van der Waals surface area contributed by atoms with Crippen molar-refractivity contribution in [3.05, 3.63) is 33.8 Å². The fraction of sp³-hybridized carbons (Fsp3) is 0.455. The summed E-state index contributed by atoms with van der Waals surface area (Å²) in [4.78, 5) is 2.30. The van der Waals surface area contributed by atoms with E-state index in [2.05, 4.69) is 17.3 Å². The highest BCUT2D eigenvalue weighted by Crippen LogP contribution is 2.27. The Labute approximate surface area is 100 Å². The van der Waals surface area contributed by atoms with Crippen molar-refractivity contribution in [1.29, 1.82) is 0 Å². The van der Waals surface area contributed by atoms with Crippen LogP contribution in [0.15, 0.2) is 18.2 Å². The highest BCUT2D eigenvalue weighted by atomic mass is 35.5. The Morgan fingerprint density at radius 1 is 1.40 bits per heavy atom. The van der Waals surface area contributed by atoms with Gasteiger partial charge < -0.3 is 10.2 Å².